The van der Waals surface area contributed by atoms with Gasteiger partial charge >= 0.3 is 17.9 Å². The van der Waals surface area contributed by atoms with E-state index in [1.165, 1.54) is 6.42 Å². The van der Waals surface area contributed by atoms with Crippen molar-refractivity contribution in [3.63, 3.8) is 0 Å². The van der Waals surface area contributed by atoms with Gasteiger partial charge in [-0.15, -0.1) is 0 Å². The molecule has 9 atom stereocenters. The molecule has 0 amide bonds. The number of fused-ring (bicyclic) bond motifs is 7. The Morgan fingerprint density at radius 2 is 1.52 bits per heavy atom. The van der Waals surface area contributed by atoms with Gasteiger partial charge in [0.2, 0.25) is 0 Å². The quantitative estimate of drug-likeness (QED) is 0.213. The largest absolute Gasteiger partial charge is 0.481 e. The number of hydrogen-bond donors (Lipinski definition) is 2. The van der Waals surface area contributed by atoms with Crippen LogP contribution in [0.3, 0.4) is 0 Å². The Morgan fingerprint density at radius 1 is 0.850 bits per heavy atom. The highest BCUT2D eigenvalue weighted by Gasteiger charge is 2.68. The zero-order chi connectivity index (χ0) is 29.5. The maximum Gasteiger partial charge on any atom is 0.331 e. The summed E-state index contributed by atoms with van der Waals surface area (Å²) in [4.78, 5) is 35.6. The summed E-state index contributed by atoms with van der Waals surface area (Å²) in [5.74, 6) is -1.14. The van der Waals surface area contributed by atoms with Crippen LogP contribution in [-0.2, 0) is 19.1 Å². The van der Waals surface area contributed by atoms with E-state index in [4.69, 9.17) is 9.84 Å². The fraction of sp³-hybridized carbons (Fsp3) is 0.794. The molecule has 6 nitrogen and oxygen atoms in total. The summed E-state index contributed by atoms with van der Waals surface area (Å²) in [6.07, 6.45) is 14.0. The molecule has 5 rings (SSSR count). The van der Waals surface area contributed by atoms with Gasteiger partial charge in [0.25, 0.3) is 0 Å². The Morgan fingerprint density at radius 3 is 2.17 bits per heavy atom. The summed E-state index contributed by atoms with van der Waals surface area (Å²) in [5.41, 5.74) is 1.16. The van der Waals surface area contributed by atoms with Crippen molar-refractivity contribution in [1.82, 2.24) is 0 Å². The summed E-state index contributed by atoms with van der Waals surface area (Å²) in [5, 5.41) is 19.0. The normalized spacial score (nSPS) is 47.6. The van der Waals surface area contributed by atoms with Gasteiger partial charge in [0.05, 0.1) is 5.41 Å². The van der Waals surface area contributed by atoms with Crippen molar-refractivity contribution in [2.24, 2.45) is 50.2 Å². The molecule has 0 radical (unpaired) electrons. The van der Waals surface area contributed by atoms with Crippen LogP contribution in [0.4, 0.5) is 0 Å². The van der Waals surface area contributed by atoms with Crippen LogP contribution in [0, 0.1) is 50.2 Å². The van der Waals surface area contributed by atoms with Gasteiger partial charge in [-0.05, 0) is 111 Å². The van der Waals surface area contributed by atoms with Gasteiger partial charge in [0.15, 0.2) is 0 Å². The third-order valence-corrected chi connectivity index (χ3v) is 13.9. The number of aliphatic carboxylic acids is 2. The van der Waals surface area contributed by atoms with Crippen molar-refractivity contribution in [1.29, 1.82) is 0 Å². The summed E-state index contributed by atoms with van der Waals surface area (Å²) in [7, 11) is 0. The number of rotatable bonds is 4. The maximum absolute atomic E-state index is 12.4. The molecular weight excluding hydrogens is 504 g/mol. The van der Waals surface area contributed by atoms with Crippen LogP contribution in [-0.4, -0.2) is 34.2 Å². The molecule has 0 aromatic heterocycles. The molecule has 0 aromatic rings. The molecule has 0 aliphatic heterocycles. The Balaban J connectivity index is 1.46. The molecule has 0 saturated heterocycles. The molecule has 5 aliphatic rings. The van der Waals surface area contributed by atoms with Crippen molar-refractivity contribution in [3.05, 3.63) is 23.8 Å². The highest BCUT2D eigenvalue weighted by Crippen LogP contribution is 2.75. The number of carbonyl (C=O) groups is 3. The number of carboxylic acids is 2. The van der Waals surface area contributed by atoms with E-state index in [9.17, 15) is 19.5 Å². The van der Waals surface area contributed by atoms with E-state index < -0.39 is 23.3 Å². The summed E-state index contributed by atoms with van der Waals surface area (Å²) < 4.78 is 5.88. The molecule has 222 valence electrons. The molecule has 0 spiro atoms. The lowest BCUT2D eigenvalue weighted by atomic mass is 9.33. The van der Waals surface area contributed by atoms with Crippen LogP contribution < -0.4 is 0 Å². The van der Waals surface area contributed by atoms with Crippen molar-refractivity contribution in [2.45, 2.75) is 119 Å². The predicted molar refractivity (Wildman–Crippen MR) is 153 cm³/mol. The van der Waals surface area contributed by atoms with E-state index in [0.29, 0.717) is 17.8 Å². The summed E-state index contributed by atoms with van der Waals surface area (Å²) in [6, 6.07) is 0. The molecule has 2 unspecified atom stereocenters. The van der Waals surface area contributed by atoms with Crippen LogP contribution >= 0.6 is 0 Å². The smallest absolute Gasteiger partial charge is 0.331 e. The van der Waals surface area contributed by atoms with Crippen molar-refractivity contribution in [2.75, 3.05) is 0 Å². The number of carbonyl (C=O) groups excluding carboxylic acids is 1. The van der Waals surface area contributed by atoms with Gasteiger partial charge in [-0.3, -0.25) is 4.79 Å². The topological polar surface area (TPSA) is 101 Å². The highest BCUT2D eigenvalue weighted by atomic mass is 16.5. The minimum atomic E-state index is -1.15. The summed E-state index contributed by atoms with van der Waals surface area (Å²) in [6.45, 7) is 16.4. The third kappa shape index (κ3) is 4.05. The van der Waals surface area contributed by atoms with E-state index >= 15 is 0 Å². The van der Waals surface area contributed by atoms with Gasteiger partial charge < -0.3 is 14.9 Å². The van der Waals surface area contributed by atoms with Crippen molar-refractivity contribution >= 4 is 17.9 Å². The Kier molecular flexibility index (Phi) is 6.75. The fourth-order valence-electron chi connectivity index (χ4n) is 11.1. The predicted octanol–water partition coefficient (Wildman–Crippen LogP) is 7.43. The first-order valence-electron chi connectivity index (χ1n) is 15.5. The van der Waals surface area contributed by atoms with E-state index in [2.05, 4.69) is 47.6 Å². The standard InChI is InChI=1S/C34H50O6/c1-29(2)23-12-15-34(7)24(32(23,5)14-13-25(29)40-27(37)11-10-26(35)36)9-8-21-22-20-31(4,28(38)39)17-16-30(22,3)18-19-33(21,34)6/h8,10-11,22-25H,9,12-20H2,1-7H3,(H,35,36)(H,38,39)/b11-10+/t22-,23?,24?,25+,30-,31-,32+,33-,34-/m1/s1. The van der Waals surface area contributed by atoms with E-state index in [-0.39, 0.29) is 33.2 Å². The molecule has 0 aromatic carbocycles. The van der Waals surface area contributed by atoms with Crippen LogP contribution in [0.15, 0.2) is 23.8 Å². The molecule has 0 bridgehead atoms. The molecule has 5 aliphatic carbocycles. The first-order chi connectivity index (χ1) is 18.4. The SMILES string of the molecule is CC1(C)C2CC[C@]3(C)C(CC=C4[C@H]5C[C@](C)(C(=O)O)CC[C@]5(C)CC[C@]43C)[C@@]2(C)CC[C@@H]1OC(=O)/C=C/C(=O)O. The average Bonchev–Trinajstić information content (AvgIpc) is 2.86. The molecule has 4 saturated carbocycles. The maximum atomic E-state index is 12.4. The number of esters is 1. The molecule has 40 heavy (non-hydrogen) atoms. The lowest BCUT2D eigenvalue weighted by Crippen LogP contribution is -2.64. The minimum absolute atomic E-state index is 0.0555. The van der Waals surface area contributed by atoms with Crippen LogP contribution in [0.1, 0.15) is 113 Å². The number of carboxylic acid groups (broad SMARTS) is 2. The monoisotopic (exact) mass is 554 g/mol. The fourth-order valence-corrected chi connectivity index (χ4v) is 11.1. The van der Waals surface area contributed by atoms with E-state index in [0.717, 1.165) is 69.9 Å². The summed E-state index contributed by atoms with van der Waals surface area (Å²) >= 11 is 0. The van der Waals surface area contributed by atoms with Gasteiger partial charge in [-0.2, -0.15) is 0 Å². The average molecular weight is 555 g/mol. The second-order valence-electron chi connectivity index (χ2n) is 16.0. The van der Waals surface area contributed by atoms with Gasteiger partial charge in [-0.1, -0.05) is 53.2 Å². The Labute approximate surface area is 240 Å². The van der Waals surface area contributed by atoms with Gasteiger partial charge in [0.1, 0.15) is 6.10 Å². The van der Waals surface area contributed by atoms with Crippen LogP contribution in [0.2, 0.25) is 0 Å². The Bertz CT molecular complexity index is 1170. The second-order valence-corrected chi connectivity index (χ2v) is 16.0. The molecular formula is C34H50O6. The second kappa shape index (κ2) is 9.19. The van der Waals surface area contributed by atoms with E-state index in [1.54, 1.807) is 5.57 Å². The molecule has 4 fully saturated rings. The van der Waals surface area contributed by atoms with Crippen molar-refractivity contribution in [3.8, 4) is 0 Å². The van der Waals surface area contributed by atoms with Crippen LogP contribution in [0.25, 0.3) is 0 Å². The third-order valence-electron chi connectivity index (χ3n) is 13.9. The number of hydrogen-bond acceptors (Lipinski definition) is 4. The zero-order valence-corrected chi connectivity index (χ0v) is 25.6. The lowest BCUT2D eigenvalue weighted by molar-refractivity contribution is -0.211. The number of ether oxygens (including phenoxy) is 1. The van der Waals surface area contributed by atoms with Crippen LogP contribution in [0.5, 0.6) is 0 Å². The van der Waals surface area contributed by atoms with Gasteiger partial charge in [-0.25, -0.2) is 9.59 Å². The number of allylic oxidation sites excluding steroid dienone is 2. The first kappa shape index (κ1) is 29.4. The molecule has 2 N–H and O–H groups in total. The zero-order valence-electron chi connectivity index (χ0n) is 25.6. The van der Waals surface area contributed by atoms with Crippen molar-refractivity contribution < 1.29 is 29.3 Å². The lowest BCUT2D eigenvalue weighted by Gasteiger charge is -2.71. The molecule has 0 heterocycles. The minimum Gasteiger partial charge on any atom is -0.481 e. The first-order valence-corrected chi connectivity index (χ1v) is 15.5. The van der Waals surface area contributed by atoms with E-state index in [1.807, 2.05) is 6.92 Å². The molecule has 6 heteroatoms. The van der Waals surface area contributed by atoms with Gasteiger partial charge in [0, 0.05) is 17.6 Å². The Hall–Kier alpha value is -2.11. The highest BCUT2D eigenvalue weighted by molar-refractivity contribution is 5.90.